The zero-order chi connectivity index (χ0) is 25.5. The lowest BCUT2D eigenvalue weighted by Gasteiger charge is -2.31. The maximum absolute atomic E-state index is 12.5. The van der Waals surface area contributed by atoms with Crippen LogP contribution in [-0.2, 0) is 9.53 Å². The van der Waals surface area contributed by atoms with Crippen LogP contribution in [0.5, 0.6) is 0 Å². The SMILES string of the molecule is CN(CC(=O)Nc1ccc(-c2ccnc(Nc3ccc(N4CCOCC4)cc3)n2)cc1)C1CCNCC1. The first-order valence-electron chi connectivity index (χ1n) is 13.0. The first-order chi connectivity index (χ1) is 18.1. The van der Waals surface area contributed by atoms with E-state index < -0.39 is 0 Å². The third kappa shape index (κ3) is 6.82. The van der Waals surface area contributed by atoms with Crippen LogP contribution in [0.3, 0.4) is 0 Å². The Labute approximate surface area is 218 Å². The lowest BCUT2D eigenvalue weighted by atomic mass is 10.1. The first kappa shape index (κ1) is 25.1. The van der Waals surface area contributed by atoms with Crippen LogP contribution in [-0.4, -0.2) is 79.8 Å². The molecule has 9 nitrogen and oxygen atoms in total. The van der Waals surface area contributed by atoms with E-state index in [0.717, 1.165) is 74.9 Å². The fraction of sp³-hybridized carbons (Fsp3) is 0.393. The van der Waals surface area contributed by atoms with Crippen LogP contribution < -0.4 is 20.9 Å². The van der Waals surface area contributed by atoms with Gasteiger partial charge in [-0.25, -0.2) is 9.97 Å². The average Bonchev–Trinajstić information content (AvgIpc) is 2.95. The van der Waals surface area contributed by atoms with Crippen LogP contribution in [0, 0.1) is 0 Å². The topological polar surface area (TPSA) is 94.7 Å². The maximum atomic E-state index is 12.5. The van der Waals surface area contributed by atoms with Crippen LogP contribution in [0.25, 0.3) is 11.3 Å². The van der Waals surface area contributed by atoms with Gasteiger partial charge >= 0.3 is 0 Å². The molecule has 0 aliphatic carbocycles. The van der Waals surface area contributed by atoms with Gasteiger partial charge in [0, 0.05) is 48.0 Å². The second-order valence-corrected chi connectivity index (χ2v) is 9.56. The molecule has 0 bridgehead atoms. The molecule has 2 aliphatic heterocycles. The second kappa shape index (κ2) is 12.1. The number of carbonyl (C=O) groups is 1. The van der Waals surface area contributed by atoms with Gasteiger partial charge in [0.15, 0.2) is 0 Å². The molecule has 2 aromatic carbocycles. The highest BCUT2D eigenvalue weighted by Crippen LogP contribution is 2.23. The van der Waals surface area contributed by atoms with Crippen molar-refractivity contribution in [1.29, 1.82) is 0 Å². The van der Waals surface area contributed by atoms with Gasteiger partial charge in [-0.15, -0.1) is 0 Å². The molecule has 2 aliphatic rings. The van der Waals surface area contributed by atoms with Crippen molar-refractivity contribution in [3.63, 3.8) is 0 Å². The van der Waals surface area contributed by atoms with E-state index in [9.17, 15) is 4.79 Å². The van der Waals surface area contributed by atoms with Gasteiger partial charge in [0.05, 0.1) is 25.5 Å². The largest absolute Gasteiger partial charge is 0.378 e. The lowest BCUT2D eigenvalue weighted by molar-refractivity contribution is -0.117. The molecule has 5 rings (SSSR count). The summed E-state index contributed by atoms with van der Waals surface area (Å²) in [5, 5.41) is 9.67. The zero-order valence-corrected chi connectivity index (χ0v) is 21.3. The summed E-state index contributed by atoms with van der Waals surface area (Å²) in [7, 11) is 2.03. The molecule has 1 aromatic heterocycles. The predicted molar refractivity (Wildman–Crippen MR) is 147 cm³/mol. The smallest absolute Gasteiger partial charge is 0.238 e. The summed E-state index contributed by atoms with van der Waals surface area (Å²) in [5.41, 5.74) is 4.67. The maximum Gasteiger partial charge on any atom is 0.238 e. The number of amides is 1. The quantitative estimate of drug-likeness (QED) is 0.433. The molecule has 0 unspecified atom stereocenters. The van der Waals surface area contributed by atoms with Crippen LogP contribution in [0.2, 0.25) is 0 Å². The lowest BCUT2D eigenvalue weighted by Crippen LogP contribution is -2.44. The summed E-state index contributed by atoms with van der Waals surface area (Å²) in [4.78, 5) is 26.1. The minimum atomic E-state index is 0.00180. The van der Waals surface area contributed by atoms with Gasteiger partial charge in [-0.3, -0.25) is 9.69 Å². The molecule has 1 amide bonds. The Morgan fingerprint density at radius 2 is 1.73 bits per heavy atom. The van der Waals surface area contributed by atoms with Crippen molar-refractivity contribution < 1.29 is 9.53 Å². The van der Waals surface area contributed by atoms with Gasteiger partial charge in [0.25, 0.3) is 0 Å². The van der Waals surface area contributed by atoms with E-state index in [2.05, 4.69) is 47.9 Å². The monoisotopic (exact) mass is 501 g/mol. The van der Waals surface area contributed by atoms with Crippen molar-refractivity contribution in [3.8, 4) is 11.3 Å². The zero-order valence-electron chi connectivity index (χ0n) is 21.3. The van der Waals surface area contributed by atoms with E-state index in [4.69, 9.17) is 4.74 Å². The highest BCUT2D eigenvalue weighted by atomic mass is 16.5. The minimum Gasteiger partial charge on any atom is -0.378 e. The van der Waals surface area contributed by atoms with Gasteiger partial charge in [-0.1, -0.05) is 12.1 Å². The molecule has 3 heterocycles. The van der Waals surface area contributed by atoms with Gasteiger partial charge in [0.2, 0.25) is 11.9 Å². The molecule has 194 valence electrons. The van der Waals surface area contributed by atoms with Crippen molar-refractivity contribution in [2.24, 2.45) is 0 Å². The highest BCUT2D eigenvalue weighted by Gasteiger charge is 2.19. The number of nitrogens with zero attached hydrogens (tertiary/aromatic N) is 4. The molecular weight excluding hydrogens is 466 g/mol. The van der Waals surface area contributed by atoms with Crippen molar-refractivity contribution in [2.75, 3.05) is 68.5 Å². The number of morpholine rings is 1. The molecule has 0 saturated carbocycles. The van der Waals surface area contributed by atoms with Crippen molar-refractivity contribution in [2.45, 2.75) is 18.9 Å². The van der Waals surface area contributed by atoms with Crippen molar-refractivity contribution >= 4 is 28.9 Å². The second-order valence-electron chi connectivity index (χ2n) is 9.56. The minimum absolute atomic E-state index is 0.00180. The van der Waals surface area contributed by atoms with Crippen LogP contribution in [0.4, 0.5) is 23.0 Å². The number of nitrogens with one attached hydrogen (secondary N) is 3. The van der Waals surface area contributed by atoms with Crippen LogP contribution in [0.1, 0.15) is 12.8 Å². The molecule has 37 heavy (non-hydrogen) atoms. The molecule has 2 fully saturated rings. The molecule has 2 saturated heterocycles. The third-order valence-corrected chi connectivity index (χ3v) is 6.94. The molecule has 0 radical (unpaired) electrons. The normalized spacial score (nSPS) is 16.5. The van der Waals surface area contributed by atoms with E-state index in [1.807, 2.05) is 49.5 Å². The molecule has 0 spiro atoms. The molecule has 3 N–H and O–H groups in total. The van der Waals surface area contributed by atoms with Crippen molar-refractivity contribution in [3.05, 3.63) is 60.8 Å². The van der Waals surface area contributed by atoms with Crippen molar-refractivity contribution in [1.82, 2.24) is 20.2 Å². The Bertz CT molecular complexity index is 1160. The molecular formula is C28H35N7O2. The van der Waals surface area contributed by atoms with Gasteiger partial charge < -0.3 is 25.6 Å². The Morgan fingerprint density at radius 1 is 1.03 bits per heavy atom. The Hall–Kier alpha value is -3.53. The standard InChI is InChI=1S/C28H35N7O2/c1-34(24-10-13-29-14-11-24)20-27(36)31-22-4-2-21(3-5-22)26-12-15-30-28(33-26)32-23-6-8-25(9-7-23)35-16-18-37-19-17-35/h2-9,12,15,24,29H,10-11,13-14,16-20H2,1H3,(H,31,36)(H,30,32,33). The number of likely N-dealkylation sites (N-methyl/N-ethyl adjacent to an activating group) is 1. The number of hydrogen-bond donors (Lipinski definition) is 3. The summed E-state index contributed by atoms with van der Waals surface area (Å²) in [6.45, 7) is 5.78. The highest BCUT2D eigenvalue weighted by molar-refractivity contribution is 5.92. The Morgan fingerprint density at radius 3 is 2.46 bits per heavy atom. The number of hydrogen-bond acceptors (Lipinski definition) is 8. The molecule has 9 heteroatoms. The van der Waals surface area contributed by atoms with E-state index in [0.29, 0.717) is 18.5 Å². The summed E-state index contributed by atoms with van der Waals surface area (Å²) in [5.74, 6) is 0.539. The molecule has 3 aromatic rings. The van der Waals surface area contributed by atoms with E-state index in [1.165, 1.54) is 5.69 Å². The summed E-state index contributed by atoms with van der Waals surface area (Å²) < 4.78 is 5.44. The van der Waals surface area contributed by atoms with E-state index >= 15 is 0 Å². The number of carbonyl (C=O) groups excluding carboxylic acids is 1. The average molecular weight is 502 g/mol. The fourth-order valence-electron chi connectivity index (χ4n) is 4.81. The first-order valence-corrected chi connectivity index (χ1v) is 13.0. The number of rotatable bonds is 8. The van der Waals surface area contributed by atoms with Gasteiger partial charge in [-0.05, 0) is 75.4 Å². The van der Waals surface area contributed by atoms with Gasteiger partial charge in [0.1, 0.15) is 0 Å². The number of anilines is 4. The summed E-state index contributed by atoms with van der Waals surface area (Å²) in [6.07, 6.45) is 3.90. The number of benzene rings is 2. The number of aromatic nitrogens is 2. The van der Waals surface area contributed by atoms with E-state index in [1.54, 1.807) is 6.20 Å². The fourth-order valence-corrected chi connectivity index (χ4v) is 4.81. The summed E-state index contributed by atoms with van der Waals surface area (Å²) >= 11 is 0. The predicted octanol–water partition coefficient (Wildman–Crippen LogP) is 3.35. The number of piperidine rings is 1. The molecule has 0 atom stereocenters. The van der Waals surface area contributed by atoms with Crippen LogP contribution in [0.15, 0.2) is 60.8 Å². The van der Waals surface area contributed by atoms with Gasteiger partial charge in [-0.2, -0.15) is 0 Å². The Kier molecular flexibility index (Phi) is 8.25. The van der Waals surface area contributed by atoms with Crippen LogP contribution >= 0.6 is 0 Å². The summed E-state index contributed by atoms with van der Waals surface area (Å²) in [6, 6.07) is 18.4. The number of ether oxygens (including phenoxy) is 1. The van der Waals surface area contributed by atoms with E-state index in [-0.39, 0.29) is 5.91 Å². The third-order valence-electron chi connectivity index (χ3n) is 6.94. The Balaban J connectivity index is 1.17.